The number of hydrogen-bond donors (Lipinski definition) is 0. The average molecular weight is 343 g/mol. The Labute approximate surface area is 133 Å². The number of rotatable bonds is 4. The van der Waals surface area contributed by atoms with Crippen molar-refractivity contribution >= 4 is 21.6 Å². The van der Waals surface area contributed by atoms with E-state index in [0.717, 1.165) is 12.1 Å². The third-order valence-electron chi connectivity index (χ3n) is 3.67. The lowest BCUT2D eigenvalue weighted by molar-refractivity contribution is -0.385. The SMILES string of the molecule is COc1cc(S(=O)(=O)N2CCN(C(C)=O)CC2)ccc1[N+](=O)[O-]. The molecule has 1 fully saturated rings. The summed E-state index contributed by atoms with van der Waals surface area (Å²) in [4.78, 5) is 23.0. The lowest BCUT2D eigenvalue weighted by atomic mass is 10.3. The zero-order chi connectivity index (χ0) is 17.2. The first-order valence-electron chi connectivity index (χ1n) is 6.85. The van der Waals surface area contributed by atoms with Gasteiger partial charge in [0.2, 0.25) is 15.9 Å². The Bertz CT molecular complexity index is 725. The van der Waals surface area contributed by atoms with Crippen molar-refractivity contribution in [2.45, 2.75) is 11.8 Å². The number of carbonyl (C=O) groups excluding carboxylic acids is 1. The van der Waals surface area contributed by atoms with Crippen molar-refractivity contribution in [3.05, 3.63) is 28.3 Å². The van der Waals surface area contributed by atoms with Crippen LogP contribution in [0, 0.1) is 10.1 Å². The van der Waals surface area contributed by atoms with Crippen molar-refractivity contribution in [2.75, 3.05) is 33.3 Å². The van der Waals surface area contributed by atoms with E-state index in [-0.39, 0.29) is 35.3 Å². The maximum atomic E-state index is 12.6. The normalized spacial score (nSPS) is 16.2. The van der Waals surface area contributed by atoms with E-state index in [1.165, 1.54) is 24.4 Å². The topological polar surface area (TPSA) is 110 Å². The number of amides is 1. The molecule has 0 radical (unpaired) electrons. The second kappa shape index (κ2) is 6.50. The molecular weight excluding hydrogens is 326 g/mol. The van der Waals surface area contributed by atoms with Gasteiger partial charge in [-0.25, -0.2) is 8.42 Å². The molecule has 0 unspecified atom stereocenters. The Morgan fingerprint density at radius 3 is 2.35 bits per heavy atom. The average Bonchev–Trinajstić information content (AvgIpc) is 2.54. The highest BCUT2D eigenvalue weighted by Crippen LogP contribution is 2.30. The highest BCUT2D eigenvalue weighted by Gasteiger charge is 2.30. The standard InChI is InChI=1S/C13H17N3O6S/c1-10(17)14-5-7-15(8-6-14)23(20,21)11-3-4-12(16(18)19)13(9-11)22-2/h3-4,9H,5-8H2,1-2H3. The van der Waals surface area contributed by atoms with E-state index >= 15 is 0 Å². The van der Waals surface area contributed by atoms with Crippen LogP contribution in [0.3, 0.4) is 0 Å². The van der Waals surface area contributed by atoms with Crippen molar-refractivity contribution in [1.82, 2.24) is 9.21 Å². The highest BCUT2D eigenvalue weighted by atomic mass is 32.2. The van der Waals surface area contributed by atoms with Crippen molar-refractivity contribution in [3.63, 3.8) is 0 Å². The fraction of sp³-hybridized carbons (Fsp3) is 0.462. The Hall–Kier alpha value is -2.20. The quantitative estimate of drug-likeness (QED) is 0.580. The molecule has 1 saturated heterocycles. The van der Waals surface area contributed by atoms with Crippen LogP contribution in [-0.4, -0.2) is 61.7 Å². The molecule has 23 heavy (non-hydrogen) atoms. The zero-order valence-electron chi connectivity index (χ0n) is 12.8. The van der Waals surface area contributed by atoms with Gasteiger partial charge in [-0.15, -0.1) is 0 Å². The molecule has 1 aromatic carbocycles. The van der Waals surface area contributed by atoms with Gasteiger partial charge in [-0.1, -0.05) is 0 Å². The van der Waals surface area contributed by atoms with Crippen LogP contribution in [-0.2, 0) is 14.8 Å². The van der Waals surface area contributed by atoms with Crippen LogP contribution in [0.15, 0.2) is 23.1 Å². The zero-order valence-corrected chi connectivity index (χ0v) is 13.6. The molecule has 0 saturated carbocycles. The second-order valence-electron chi connectivity index (χ2n) is 5.00. The molecule has 1 aliphatic heterocycles. The first kappa shape index (κ1) is 17.2. The molecule has 1 heterocycles. The van der Waals surface area contributed by atoms with E-state index in [9.17, 15) is 23.3 Å². The summed E-state index contributed by atoms with van der Waals surface area (Å²) in [5, 5.41) is 10.9. The maximum absolute atomic E-state index is 12.6. The number of nitro benzene ring substituents is 1. The smallest absolute Gasteiger partial charge is 0.310 e. The molecule has 0 atom stereocenters. The summed E-state index contributed by atoms with van der Waals surface area (Å²) < 4.78 is 31.4. The molecule has 1 amide bonds. The van der Waals surface area contributed by atoms with Gasteiger partial charge in [0.25, 0.3) is 0 Å². The summed E-state index contributed by atoms with van der Waals surface area (Å²) in [5.41, 5.74) is -0.298. The third kappa shape index (κ3) is 3.42. The van der Waals surface area contributed by atoms with Gasteiger partial charge in [-0.05, 0) is 6.07 Å². The number of benzene rings is 1. The number of carbonyl (C=O) groups is 1. The fourth-order valence-electron chi connectivity index (χ4n) is 2.36. The van der Waals surface area contributed by atoms with E-state index in [1.54, 1.807) is 4.90 Å². The minimum atomic E-state index is -3.79. The van der Waals surface area contributed by atoms with Gasteiger partial charge in [0.1, 0.15) is 0 Å². The molecule has 0 bridgehead atoms. The lowest BCUT2D eigenvalue weighted by Crippen LogP contribution is -2.49. The van der Waals surface area contributed by atoms with Crippen molar-refractivity contribution in [1.29, 1.82) is 0 Å². The number of sulfonamides is 1. The molecule has 9 nitrogen and oxygen atoms in total. The van der Waals surface area contributed by atoms with Gasteiger partial charge >= 0.3 is 5.69 Å². The van der Waals surface area contributed by atoms with E-state index < -0.39 is 14.9 Å². The van der Waals surface area contributed by atoms with Crippen molar-refractivity contribution < 1.29 is 22.9 Å². The van der Waals surface area contributed by atoms with E-state index in [4.69, 9.17) is 4.74 Å². The Balaban J connectivity index is 2.27. The molecule has 2 rings (SSSR count). The van der Waals surface area contributed by atoms with Crippen LogP contribution in [0.4, 0.5) is 5.69 Å². The second-order valence-corrected chi connectivity index (χ2v) is 6.94. The van der Waals surface area contributed by atoms with Gasteiger partial charge in [0.05, 0.1) is 16.9 Å². The first-order valence-corrected chi connectivity index (χ1v) is 8.29. The van der Waals surface area contributed by atoms with Gasteiger partial charge < -0.3 is 9.64 Å². The molecule has 1 aromatic rings. The summed E-state index contributed by atoms with van der Waals surface area (Å²) in [6.07, 6.45) is 0. The minimum absolute atomic E-state index is 0.0729. The van der Waals surface area contributed by atoms with Gasteiger partial charge in [0, 0.05) is 45.2 Å². The first-order chi connectivity index (χ1) is 10.8. The number of piperazine rings is 1. The van der Waals surface area contributed by atoms with E-state index in [0.29, 0.717) is 13.1 Å². The van der Waals surface area contributed by atoms with Gasteiger partial charge in [-0.2, -0.15) is 4.31 Å². The maximum Gasteiger partial charge on any atom is 0.310 e. The van der Waals surface area contributed by atoms with Gasteiger partial charge in [-0.3, -0.25) is 14.9 Å². The predicted octanol–water partition coefficient (Wildman–Crippen LogP) is 0.456. The van der Waals surface area contributed by atoms with Crippen LogP contribution < -0.4 is 4.74 Å². The molecule has 10 heteroatoms. The van der Waals surface area contributed by atoms with Crippen LogP contribution in [0.5, 0.6) is 5.75 Å². The molecule has 0 aliphatic carbocycles. The molecule has 126 valence electrons. The van der Waals surface area contributed by atoms with Crippen molar-refractivity contribution in [3.8, 4) is 5.75 Å². The molecule has 0 N–H and O–H groups in total. The summed E-state index contributed by atoms with van der Waals surface area (Å²) in [6, 6.07) is 3.44. The summed E-state index contributed by atoms with van der Waals surface area (Å²) in [5.74, 6) is -0.211. The Morgan fingerprint density at radius 2 is 1.87 bits per heavy atom. The van der Waals surface area contributed by atoms with E-state index in [1.807, 2.05) is 0 Å². The van der Waals surface area contributed by atoms with E-state index in [2.05, 4.69) is 0 Å². The summed E-state index contributed by atoms with van der Waals surface area (Å²) >= 11 is 0. The summed E-state index contributed by atoms with van der Waals surface area (Å²) in [6.45, 7) is 2.44. The number of methoxy groups -OCH3 is 1. The Kier molecular flexibility index (Phi) is 4.85. The molecule has 1 aliphatic rings. The predicted molar refractivity (Wildman–Crippen MR) is 80.7 cm³/mol. The van der Waals surface area contributed by atoms with Gasteiger partial charge in [0.15, 0.2) is 5.75 Å². The minimum Gasteiger partial charge on any atom is -0.490 e. The number of nitro groups is 1. The Morgan fingerprint density at radius 1 is 1.26 bits per heavy atom. The van der Waals surface area contributed by atoms with Crippen LogP contribution in [0.25, 0.3) is 0 Å². The van der Waals surface area contributed by atoms with Crippen LogP contribution in [0.2, 0.25) is 0 Å². The largest absolute Gasteiger partial charge is 0.490 e. The third-order valence-corrected chi connectivity index (χ3v) is 5.56. The fourth-order valence-corrected chi connectivity index (χ4v) is 3.80. The lowest BCUT2D eigenvalue weighted by Gasteiger charge is -2.33. The molecule has 0 spiro atoms. The van der Waals surface area contributed by atoms with Crippen LogP contribution >= 0.6 is 0 Å². The number of nitrogens with zero attached hydrogens (tertiary/aromatic N) is 3. The highest BCUT2D eigenvalue weighted by molar-refractivity contribution is 7.89. The molecular formula is C13H17N3O6S. The number of ether oxygens (including phenoxy) is 1. The monoisotopic (exact) mass is 343 g/mol. The molecule has 0 aromatic heterocycles. The van der Waals surface area contributed by atoms with Crippen LogP contribution in [0.1, 0.15) is 6.92 Å². The summed E-state index contributed by atoms with van der Waals surface area (Å²) in [7, 11) is -2.55. The van der Waals surface area contributed by atoms with Crippen molar-refractivity contribution in [2.24, 2.45) is 0 Å². The number of hydrogen-bond acceptors (Lipinski definition) is 6.